The van der Waals surface area contributed by atoms with Gasteiger partial charge in [-0.3, -0.25) is 0 Å². The Morgan fingerprint density at radius 1 is 0.634 bits per heavy atom. The van der Waals surface area contributed by atoms with Gasteiger partial charge in [-0.2, -0.15) is 0 Å². The molecule has 0 saturated heterocycles. The minimum atomic E-state index is -4.50. The quantitative estimate of drug-likeness (QED) is 0.175. The van der Waals surface area contributed by atoms with E-state index in [2.05, 4.69) is 155 Å². The molecule has 0 nitrogen and oxygen atoms in total. The maximum atomic E-state index is 2.90. The summed E-state index contributed by atoms with van der Waals surface area (Å²) in [6, 6.07) is 32.0. The van der Waals surface area contributed by atoms with Gasteiger partial charge in [-0.1, -0.05) is 0 Å². The molecule has 2 aliphatic rings. The van der Waals surface area contributed by atoms with Crippen LogP contribution in [-0.4, -0.2) is 3.76 Å². The van der Waals surface area contributed by atoms with Crippen LogP contribution in [0.5, 0.6) is 0 Å². The van der Waals surface area contributed by atoms with E-state index >= 15 is 0 Å². The summed E-state index contributed by atoms with van der Waals surface area (Å²) in [5, 5.41) is 0. The number of aryl methyl sites for hydroxylation is 2. The normalized spacial score (nSPS) is 19.1. The first kappa shape index (κ1) is 28.2. The van der Waals surface area contributed by atoms with Crippen molar-refractivity contribution in [2.75, 3.05) is 0 Å². The fraction of sp³-hybridized carbons (Fsp3) is 0.275. The summed E-state index contributed by atoms with van der Waals surface area (Å²) in [5.41, 5.74) is 13.9. The molecule has 0 spiro atoms. The van der Waals surface area contributed by atoms with E-state index in [0.717, 1.165) is 6.42 Å². The van der Waals surface area contributed by atoms with Crippen molar-refractivity contribution in [1.29, 1.82) is 0 Å². The number of hydrogen-bond donors (Lipinski definition) is 0. The fourth-order valence-corrected chi connectivity index (χ4v) is 34.0. The van der Waals surface area contributed by atoms with Crippen molar-refractivity contribution in [2.24, 2.45) is 5.92 Å². The molecule has 0 bridgehead atoms. The summed E-state index contributed by atoms with van der Waals surface area (Å²) in [6.07, 6.45) is 11.3. The summed E-state index contributed by atoms with van der Waals surface area (Å²) in [6.45, 7) is 9.13. The number of allylic oxidation sites excluding steroid dienone is 2. The second kappa shape index (κ2) is 9.56. The van der Waals surface area contributed by atoms with Crippen LogP contribution in [0.1, 0.15) is 61.0 Å². The van der Waals surface area contributed by atoms with Crippen molar-refractivity contribution < 1.29 is 16.5 Å². The molecule has 0 saturated carbocycles. The van der Waals surface area contributed by atoms with E-state index in [1.54, 1.807) is 0 Å². The van der Waals surface area contributed by atoms with Gasteiger partial charge in [0.25, 0.3) is 0 Å². The molecule has 0 heterocycles. The fourth-order valence-electron chi connectivity index (χ4n) is 8.07. The second-order valence-electron chi connectivity index (χ2n) is 15.5. The van der Waals surface area contributed by atoms with Gasteiger partial charge in [0.05, 0.1) is 0 Å². The monoisotopic (exact) mass is 705 g/mol. The zero-order valence-corrected chi connectivity index (χ0v) is 29.5. The van der Waals surface area contributed by atoms with Crippen LogP contribution in [0.25, 0.3) is 34.4 Å². The molecular weight excluding hydrogens is 659 g/mol. The Balaban J connectivity index is 1.56. The van der Waals surface area contributed by atoms with Crippen molar-refractivity contribution in [3.8, 4) is 22.3 Å². The first-order valence-corrected chi connectivity index (χ1v) is 32.5. The average molecular weight is 704 g/mol. The predicted octanol–water partition coefficient (Wildman–Crippen LogP) is 11.7. The molecule has 4 aromatic rings. The van der Waals surface area contributed by atoms with Crippen LogP contribution in [-0.2, 0) is 16.5 Å². The van der Waals surface area contributed by atoms with Gasteiger partial charge in [0, 0.05) is 0 Å². The second-order valence-corrected chi connectivity index (χ2v) is 54.4. The summed E-state index contributed by atoms with van der Waals surface area (Å²) in [5.74, 6) is 0.631. The molecule has 2 unspecified atom stereocenters. The van der Waals surface area contributed by atoms with E-state index in [1.807, 2.05) is 0 Å². The van der Waals surface area contributed by atoms with Gasteiger partial charge < -0.3 is 0 Å². The molecule has 0 N–H and O–H groups in total. The Labute approximate surface area is 245 Å². The van der Waals surface area contributed by atoms with E-state index in [1.165, 1.54) is 55.6 Å². The van der Waals surface area contributed by atoms with Crippen LogP contribution in [0, 0.1) is 19.8 Å². The van der Waals surface area contributed by atoms with Crippen LogP contribution in [0.3, 0.4) is 0 Å². The van der Waals surface area contributed by atoms with E-state index in [9.17, 15) is 0 Å². The number of rotatable bonds is 6. The van der Waals surface area contributed by atoms with E-state index < -0.39 is 16.5 Å². The van der Waals surface area contributed by atoms with Crippen molar-refractivity contribution in [3.05, 3.63) is 130 Å². The van der Waals surface area contributed by atoms with Gasteiger partial charge in [-0.05, 0) is 0 Å². The molecule has 0 fully saturated rings. The Kier molecular flexibility index (Phi) is 6.59. The molecule has 2 atom stereocenters. The molecule has 6 rings (SSSR count). The molecule has 0 aliphatic heterocycles. The van der Waals surface area contributed by atoms with Crippen LogP contribution < -0.4 is 0 Å². The predicted molar refractivity (Wildman–Crippen MR) is 180 cm³/mol. The van der Waals surface area contributed by atoms with Gasteiger partial charge in [0.1, 0.15) is 0 Å². The Morgan fingerprint density at radius 3 is 1.49 bits per heavy atom. The average Bonchev–Trinajstić information content (AvgIpc) is 3.59. The Morgan fingerprint density at radius 2 is 1.07 bits per heavy atom. The summed E-state index contributed by atoms with van der Waals surface area (Å²) >= 11 is -4.50. The number of hydrogen-bond acceptors (Lipinski definition) is 0. The van der Waals surface area contributed by atoms with Gasteiger partial charge in [-0.15, -0.1) is 0 Å². The number of benzene rings is 4. The third kappa shape index (κ3) is 4.65. The molecule has 0 amide bonds. The van der Waals surface area contributed by atoms with Crippen LogP contribution >= 0.6 is 0 Å². The topological polar surface area (TPSA) is 0 Å². The molecule has 41 heavy (non-hydrogen) atoms. The summed E-state index contributed by atoms with van der Waals surface area (Å²) in [4.78, 5) is 0. The SMILES string of the molecule is Cc1cccc(-c2cccc3c2C=C[CH]3[Hf]([CH3])([CH3])([CH3])(=[CH]CC(C)C)[CH]2C=Cc3c(-c4cccc(C)c4)cccc32)c1. The molecule has 4 aromatic carbocycles. The molecule has 209 valence electrons. The molecular formula is C40H45Hf. The van der Waals surface area contributed by atoms with Gasteiger partial charge in [-0.25, -0.2) is 0 Å². The van der Waals surface area contributed by atoms with Crippen molar-refractivity contribution in [1.82, 2.24) is 0 Å². The molecule has 0 aromatic heterocycles. The van der Waals surface area contributed by atoms with Crippen LogP contribution in [0.2, 0.25) is 14.0 Å². The summed E-state index contributed by atoms with van der Waals surface area (Å²) in [7, 11) is 0. The maximum absolute atomic E-state index is 4.50. The van der Waals surface area contributed by atoms with E-state index in [0.29, 0.717) is 13.3 Å². The molecule has 0 radical (unpaired) electrons. The standard InChI is InChI=1S/2C16H13.C5H10.3CH3.Hf/c2*1-12-5-2-8-14(11-12)16-10-4-7-13-6-3-9-15(13)16;1-4-5(2)3;;;;/h2*2-11H,1H3;1,5H,4H2,2-3H3;3*1H3;. The Bertz CT molecular complexity index is 1700. The zero-order valence-electron chi connectivity index (χ0n) is 25.9. The van der Waals surface area contributed by atoms with Crippen molar-refractivity contribution in [2.45, 2.75) is 55.5 Å². The molecule has 1 heteroatoms. The number of fused-ring (bicyclic) bond motifs is 2. The first-order valence-electron chi connectivity index (χ1n) is 15.5. The van der Waals surface area contributed by atoms with Gasteiger partial charge in [0.2, 0.25) is 0 Å². The van der Waals surface area contributed by atoms with Crippen molar-refractivity contribution in [3.63, 3.8) is 0 Å². The minimum absolute atomic E-state index is 0.423. The van der Waals surface area contributed by atoms with E-state index in [-0.39, 0.29) is 0 Å². The first-order chi connectivity index (χ1) is 19.4. The van der Waals surface area contributed by atoms with Crippen molar-refractivity contribution >= 4 is 15.9 Å². The van der Waals surface area contributed by atoms with E-state index in [4.69, 9.17) is 0 Å². The summed E-state index contributed by atoms with van der Waals surface area (Å²) < 4.78 is 12.0. The van der Waals surface area contributed by atoms with Crippen LogP contribution in [0.15, 0.2) is 97.1 Å². The third-order valence-corrected chi connectivity index (χ3v) is 39.7. The zero-order chi connectivity index (χ0) is 29.1. The third-order valence-electron chi connectivity index (χ3n) is 10.5. The van der Waals surface area contributed by atoms with Crippen LogP contribution in [0.4, 0.5) is 0 Å². The molecule has 2 aliphatic carbocycles. The Hall–Kier alpha value is -2.90. The van der Waals surface area contributed by atoms with Gasteiger partial charge >= 0.3 is 247 Å². The van der Waals surface area contributed by atoms with Gasteiger partial charge in [0.15, 0.2) is 0 Å².